The minimum absolute atomic E-state index is 0.150. The van der Waals surface area contributed by atoms with Gasteiger partial charge in [0.2, 0.25) is 0 Å². The SMILES string of the molecule is CCCCCCC1=NS(=O)(=O)c2cc(Cl)ccc2N1. The van der Waals surface area contributed by atoms with Gasteiger partial charge in [-0.1, -0.05) is 37.8 Å². The Hall–Kier alpha value is -1.07. The van der Waals surface area contributed by atoms with Gasteiger partial charge < -0.3 is 5.32 Å². The van der Waals surface area contributed by atoms with Crippen molar-refractivity contribution >= 4 is 33.1 Å². The van der Waals surface area contributed by atoms with Crippen LogP contribution in [0.4, 0.5) is 5.69 Å². The smallest absolute Gasteiger partial charge is 0.286 e. The van der Waals surface area contributed by atoms with Crippen LogP contribution in [0, 0.1) is 0 Å². The van der Waals surface area contributed by atoms with E-state index in [1.807, 2.05) is 0 Å². The summed E-state index contributed by atoms with van der Waals surface area (Å²) in [6.07, 6.45) is 5.00. The Morgan fingerprint density at radius 1 is 1.26 bits per heavy atom. The fourth-order valence-corrected chi connectivity index (χ4v) is 3.45. The molecule has 0 amide bonds. The predicted molar refractivity (Wildman–Crippen MR) is 78.5 cm³/mol. The molecule has 0 saturated carbocycles. The summed E-state index contributed by atoms with van der Waals surface area (Å²) in [6, 6.07) is 4.77. The van der Waals surface area contributed by atoms with Gasteiger partial charge in [0, 0.05) is 11.4 Å². The largest absolute Gasteiger partial charge is 0.342 e. The third-order valence-corrected chi connectivity index (χ3v) is 4.59. The molecule has 19 heavy (non-hydrogen) atoms. The van der Waals surface area contributed by atoms with Gasteiger partial charge in [-0.3, -0.25) is 0 Å². The third-order valence-electron chi connectivity index (χ3n) is 3.00. The molecule has 0 radical (unpaired) electrons. The van der Waals surface area contributed by atoms with Crippen LogP contribution in [0.3, 0.4) is 0 Å². The molecule has 1 aromatic rings. The number of benzene rings is 1. The van der Waals surface area contributed by atoms with E-state index < -0.39 is 10.0 Å². The Morgan fingerprint density at radius 2 is 2.05 bits per heavy atom. The summed E-state index contributed by atoms with van der Waals surface area (Å²) in [5.41, 5.74) is 0.560. The number of sulfonamides is 1. The molecule has 6 heteroatoms. The van der Waals surface area contributed by atoms with E-state index in [2.05, 4.69) is 16.6 Å². The quantitative estimate of drug-likeness (QED) is 0.841. The number of hydrogen-bond donors (Lipinski definition) is 1. The zero-order valence-corrected chi connectivity index (χ0v) is 12.4. The Labute approximate surface area is 118 Å². The number of halogens is 1. The normalized spacial score (nSPS) is 16.4. The maximum Gasteiger partial charge on any atom is 0.286 e. The van der Waals surface area contributed by atoms with Crippen molar-refractivity contribution in [2.75, 3.05) is 5.32 Å². The van der Waals surface area contributed by atoms with Crippen molar-refractivity contribution in [2.45, 2.75) is 43.9 Å². The minimum atomic E-state index is -3.62. The van der Waals surface area contributed by atoms with E-state index in [0.29, 0.717) is 23.0 Å². The van der Waals surface area contributed by atoms with E-state index in [1.165, 1.54) is 6.07 Å². The first-order valence-electron chi connectivity index (χ1n) is 6.43. The van der Waals surface area contributed by atoms with Crippen molar-refractivity contribution in [1.29, 1.82) is 0 Å². The number of fused-ring (bicyclic) bond motifs is 1. The van der Waals surface area contributed by atoms with E-state index in [0.717, 1.165) is 25.7 Å². The predicted octanol–water partition coefficient (Wildman–Crippen LogP) is 3.82. The topological polar surface area (TPSA) is 58.5 Å². The summed E-state index contributed by atoms with van der Waals surface area (Å²) in [5, 5.41) is 3.46. The van der Waals surface area contributed by atoms with Crippen LogP contribution >= 0.6 is 11.6 Å². The van der Waals surface area contributed by atoms with Crippen molar-refractivity contribution in [3.05, 3.63) is 23.2 Å². The molecule has 1 aromatic carbocycles. The number of hydrogen-bond acceptors (Lipinski definition) is 3. The van der Waals surface area contributed by atoms with Crippen molar-refractivity contribution in [3.8, 4) is 0 Å². The molecule has 1 aliphatic rings. The van der Waals surface area contributed by atoms with Crippen LogP contribution in [0.15, 0.2) is 27.5 Å². The number of anilines is 1. The summed E-state index contributed by atoms with van der Waals surface area (Å²) in [7, 11) is -3.62. The van der Waals surface area contributed by atoms with Gasteiger partial charge in [0.1, 0.15) is 10.7 Å². The molecular weight excluding hydrogens is 284 g/mol. The Morgan fingerprint density at radius 3 is 2.79 bits per heavy atom. The number of amidine groups is 1. The fraction of sp³-hybridized carbons (Fsp3) is 0.462. The van der Waals surface area contributed by atoms with Gasteiger partial charge in [0.15, 0.2) is 0 Å². The second-order valence-corrected chi connectivity index (χ2v) is 6.60. The molecule has 0 unspecified atom stereocenters. The van der Waals surface area contributed by atoms with Gasteiger partial charge in [-0.25, -0.2) is 0 Å². The van der Waals surface area contributed by atoms with Crippen LogP contribution in [0.2, 0.25) is 5.02 Å². The van der Waals surface area contributed by atoms with Crippen LogP contribution in [-0.2, 0) is 10.0 Å². The van der Waals surface area contributed by atoms with E-state index in [1.54, 1.807) is 12.1 Å². The van der Waals surface area contributed by atoms with Gasteiger partial charge in [-0.05, 0) is 24.6 Å². The fourth-order valence-electron chi connectivity index (χ4n) is 2.01. The minimum Gasteiger partial charge on any atom is -0.342 e. The highest BCUT2D eigenvalue weighted by atomic mass is 35.5. The number of rotatable bonds is 5. The van der Waals surface area contributed by atoms with E-state index in [4.69, 9.17) is 11.6 Å². The highest BCUT2D eigenvalue weighted by Crippen LogP contribution is 2.30. The molecule has 0 spiro atoms. The van der Waals surface area contributed by atoms with Crippen LogP contribution in [0.1, 0.15) is 39.0 Å². The number of nitrogens with one attached hydrogen (secondary N) is 1. The molecule has 2 rings (SSSR count). The number of nitrogens with zero attached hydrogens (tertiary/aromatic N) is 1. The molecule has 0 bridgehead atoms. The molecule has 0 aromatic heterocycles. The monoisotopic (exact) mass is 300 g/mol. The maximum absolute atomic E-state index is 12.0. The molecule has 104 valence electrons. The summed E-state index contributed by atoms with van der Waals surface area (Å²) in [6.45, 7) is 2.14. The lowest BCUT2D eigenvalue weighted by atomic mass is 10.1. The highest BCUT2D eigenvalue weighted by Gasteiger charge is 2.24. The summed E-state index contributed by atoms with van der Waals surface area (Å²) in [4.78, 5) is 0.150. The van der Waals surface area contributed by atoms with Crippen LogP contribution < -0.4 is 5.32 Å². The first-order valence-corrected chi connectivity index (χ1v) is 8.25. The van der Waals surface area contributed by atoms with E-state index in [-0.39, 0.29) is 4.90 Å². The molecule has 0 aliphatic carbocycles. The van der Waals surface area contributed by atoms with Crippen molar-refractivity contribution < 1.29 is 8.42 Å². The standard InChI is InChI=1S/C13H17ClN2O2S/c1-2-3-4-5-6-13-15-11-8-7-10(14)9-12(11)19(17,18)16-13/h7-9H,2-6H2,1H3,(H,15,16). The molecule has 1 N–H and O–H groups in total. The molecule has 0 fully saturated rings. The van der Waals surface area contributed by atoms with Crippen LogP contribution in [0.5, 0.6) is 0 Å². The Kier molecular flexibility index (Phi) is 4.47. The van der Waals surface area contributed by atoms with E-state index in [9.17, 15) is 8.42 Å². The van der Waals surface area contributed by atoms with Crippen LogP contribution in [-0.4, -0.2) is 14.3 Å². The molecule has 0 atom stereocenters. The van der Waals surface area contributed by atoms with Gasteiger partial charge in [0.25, 0.3) is 10.0 Å². The summed E-state index contributed by atoms with van der Waals surface area (Å²) in [5.74, 6) is 0.519. The van der Waals surface area contributed by atoms with Crippen molar-refractivity contribution in [1.82, 2.24) is 0 Å². The summed E-state index contributed by atoms with van der Waals surface area (Å²) >= 11 is 5.82. The molecule has 1 aliphatic heterocycles. The van der Waals surface area contributed by atoms with Gasteiger partial charge in [-0.2, -0.15) is 8.42 Å². The Balaban J connectivity index is 2.15. The first-order chi connectivity index (χ1) is 9.03. The van der Waals surface area contributed by atoms with Gasteiger partial charge >= 0.3 is 0 Å². The van der Waals surface area contributed by atoms with Gasteiger partial charge in [-0.15, -0.1) is 4.40 Å². The summed E-state index contributed by atoms with van der Waals surface area (Å²) < 4.78 is 27.9. The third kappa shape index (κ3) is 3.48. The molecule has 0 saturated heterocycles. The van der Waals surface area contributed by atoms with Crippen LogP contribution in [0.25, 0.3) is 0 Å². The van der Waals surface area contributed by atoms with Crippen molar-refractivity contribution in [3.63, 3.8) is 0 Å². The molecular formula is C13H17ClN2O2S. The first kappa shape index (κ1) is 14.3. The maximum atomic E-state index is 12.0. The van der Waals surface area contributed by atoms with Crippen molar-refractivity contribution in [2.24, 2.45) is 4.40 Å². The second kappa shape index (κ2) is 5.92. The number of unbranched alkanes of at least 4 members (excludes halogenated alkanes) is 3. The highest BCUT2D eigenvalue weighted by molar-refractivity contribution is 7.90. The zero-order valence-electron chi connectivity index (χ0n) is 10.8. The van der Waals surface area contributed by atoms with E-state index >= 15 is 0 Å². The van der Waals surface area contributed by atoms with Gasteiger partial charge in [0.05, 0.1) is 5.69 Å². The Bertz CT molecular complexity index is 597. The molecule has 4 nitrogen and oxygen atoms in total. The zero-order chi connectivity index (χ0) is 13.9. The lowest BCUT2D eigenvalue weighted by Crippen LogP contribution is -2.21. The lowest BCUT2D eigenvalue weighted by Gasteiger charge is -2.18. The average molecular weight is 301 g/mol. The average Bonchev–Trinajstić information content (AvgIpc) is 2.35. The molecule has 1 heterocycles. The lowest BCUT2D eigenvalue weighted by molar-refractivity contribution is 0.597. The second-order valence-electron chi connectivity index (χ2n) is 4.59.